The molecule has 0 aliphatic heterocycles. The third-order valence-electron chi connectivity index (χ3n) is 2.64. The molecule has 0 unspecified atom stereocenters. The quantitative estimate of drug-likeness (QED) is 0.837. The molecule has 0 saturated carbocycles. The standard InChI is InChI=1S/C13H14ClNO2/c1-16-8-7-10-12(14)9-5-3-4-6-11(9)15-13(10)17-2/h3-6H,7-8H2,1-2H3. The summed E-state index contributed by atoms with van der Waals surface area (Å²) in [5, 5.41) is 1.64. The number of rotatable bonds is 4. The van der Waals surface area contributed by atoms with Gasteiger partial charge in [0.2, 0.25) is 5.88 Å². The smallest absolute Gasteiger partial charge is 0.218 e. The summed E-state index contributed by atoms with van der Waals surface area (Å²) >= 11 is 6.39. The average Bonchev–Trinajstić information content (AvgIpc) is 2.37. The van der Waals surface area contributed by atoms with E-state index >= 15 is 0 Å². The number of nitrogens with zero attached hydrogens (tertiary/aromatic N) is 1. The van der Waals surface area contributed by atoms with Gasteiger partial charge in [0.1, 0.15) is 0 Å². The molecule has 0 amide bonds. The molecule has 1 aromatic carbocycles. The van der Waals surface area contributed by atoms with Gasteiger partial charge in [-0.2, -0.15) is 0 Å². The van der Waals surface area contributed by atoms with Gasteiger partial charge in [-0.3, -0.25) is 0 Å². The SMILES string of the molecule is COCCc1c(OC)nc2ccccc2c1Cl. The van der Waals surface area contributed by atoms with E-state index in [2.05, 4.69) is 4.98 Å². The third kappa shape index (κ3) is 2.35. The van der Waals surface area contributed by atoms with Crippen molar-refractivity contribution >= 4 is 22.5 Å². The van der Waals surface area contributed by atoms with Crippen LogP contribution in [-0.2, 0) is 11.2 Å². The van der Waals surface area contributed by atoms with Gasteiger partial charge in [-0.15, -0.1) is 0 Å². The number of benzene rings is 1. The molecule has 0 saturated heterocycles. The largest absolute Gasteiger partial charge is 0.481 e. The highest BCUT2D eigenvalue weighted by Gasteiger charge is 2.13. The van der Waals surface area contributed by atoms with E-state index in [1.54, 1.807) is 14.2 Å². The maximum absolute atomic E-state index is 6.39. The minimum Gasteiger partial charge on any atom is -0.481 e. The van der Waals surface area contributed by atoms with Crippen LogP contribution in [0.4, 0.5) is 0 Å². The molecule has 0 N–H and O–H groups in total. The van der Waals surface area contributed by atoms with E-state index < -0.39 is 0 Å². The zero-order chi connectivity index (χ0) is 12.3. The van der Waals surface area contributed by atoms with E-state index in [0.29, 0.717) is 23.9 Å². The van der Waals surface area contributed by atoms with E-state index in [9.17, 15) is 0 Å². The predicted molar refractivity (Wildman–Crippen MR) is 68.9 cm³/mol. The Labute approximate surface area is 105 Å². The molecule has 0 spiro atoms. The lowest BCUT2D eigenvalue weighted by atomic mass is 10.1. The van der Waals surface area contributed by atoms with Crippen LogP contribution in [0.3, 0.4) is 0 Å². The summed E-state index contributed by atoms with van der Waals surface area (Å²) < 4.78 is 10.4. The van der Waals surface area contributed by atoms with Gasteiger partial charge in [0.15, 0.2) is 0 Å². The monoisotopic (exact) mass is 251 g/mol. The van der Waals surface area contributed by atoms with Crippen LogP contribution in [0.25, 0.3) is 10.9 Å². The van der Waals surface area contributed by atoms with E-state index in [-0.39, 0.29) is 0 Å². The fourth-order valence-electron chi connectivity index (χ4n) is 1.78. The first kappa shape index (κ1) is 12.1. The first-order chi connectivity index (χ1) is 8.27. The predicted octanol–water partition coefficient (Wildman–Crippen LogP) is 3.09. The number of fused-ring (bicyclic) bond motifs is 1. The molecular weight excluding hydrogens is 238 g/mol. The Morgan fingerprint density at radius 3 is 2.71 bits per heavy atom. The van der Waals surface area contributed by atoms with Crippen LogP contribution in [0.2, 0.25) is 5.02 Å². The summed E-state index contributed by atoms with van der Waals surface area (Å²) in [5.74, 6) is 0.575. The topological polar surface area (TPSA) is 31.4 Å². The van der Waals surface area contributed by atoms with E-state index in [0.717, 1.165) is 16.5 Å². The van der Waals surface area contributed by atoms with Gasteiger partial charge in [0.25, 0.3) is 0 Å². The van der Waals surface area contributed by atoms with Crippen molar-refractivity contribution in [2.75, 3.05) is 20.8 Å². The summed E-state index contributed by atoms with van der Waals surface area (Å²) in [6.07, 6.45) is 0.691. The van der Waals surface area contributed by atoms with Crippen molar-refractivity contribution in [3.8, 4) is 5.88 Å². The molecule has 2 aromatic rings. The van der Waals surface area contributed by atoms with E-state index in [1.165, 1.54) is 0 Å². The molecule has 0 bridgehead atoms. The van der Waals surface area contributed by atoms with Gasteiger partial charge < -0.3 is 9.47 Å². The van der Waals surface area contributed by atoms with Gasteiger partial charge in [0.05, 0.1) is 24.3 Å². The number of hydrogen-bond acceptors (Lipinski definition) is 3. The molecule has 0 atom stereocenters. The zero-order valence-corrected chi connectivity index (χ0v) is 10.6. The number of ether oxygens (including phenoxy) is 2. The second kappa shape index (κ2) is 5.34. The van der Waals surface area contributed by atoms with Crippen LogP contribution < -0.4 is 4.74 Å². The second-order valence-corrected chi connectivity index (χ2v) is 4.05. The Morgan fingerprint density at radius 2 is 2.00 bits per heavy atom. The van der Waals surface area contributed by atoms with Crippen LogP contribution in [0.1, 0.15) is 5.56 Å². The van der Waals surface area contributed by atoms with Crippen molar-refractivity contribution in [2.45, 2.75) is 6.42 Å². The molecule has 0 aliphatic rings. The molecule has 90 valence electrons. The molecule has 0 fully saturated rings. The summed E-state index contributed by atoms with van der Waals surface area (Å²) in [5.41, 5.74) is 1.74. The van der Waals surface area contributed by atoms with Gasteiger partial charge in [0, 0.05) is 24.5 Å². The van der Waals surface area contributed by atoms with Gasteiger partial charge >= 0.3 is 0 Å². The molecule has 4 heteroatoms. The highest BCUT2D eigenvalue weighted by molar-refractivity contribution is 6.36. The van der Waals surface area contributed by atoms with Gasteiger partial charge in [-0.25, -0.2) is 4.98 Å². The van der Waals surface area contributed by atoms with Crippen LogP contribution in [0.5, 0.6) is 5.88 Å². The Hall–Kier alpha value is -1.32. The Balaban J connectivity index is 2.59. The summed E-state index contributed by atoms with van der Waals surface area (Å²) in [4.78, 5) is 4.45. The fraction of sp³-hybridized carbons (Fsp3) is 0.308. The summed E-state index contributed by atoms with van der Waals surface area (Å²) in [6, 6.07) is 7.76. The van der Waals surface area contributed by atoms with Crippen LogP contribution in [0.15, 0.2) is 24.3 Å². The fourth-order valence-corrected chi connectivity index (χ4v) is 2.11. The van der Waals surface area contributed by atoms with E-state index in [1.807, 2.05) is 24.3 Å². The lowest BCUT2D eigenvalue weighted by molar-refractivity contribution is 0.201. The highest BCUT2D eigenvalue weighted by atomic mass is 35.5. The number of pyridine rings is 1. The highest BCUT2D eigenvalue weighted by Crippen LogP contribution is 2.32. The number of halogens is 1. The normalized spacial score (nSPS) is 10.8. The number of para-hydroxylation sites is 1. The van der Waals surface area contributed by atoms with Gasteiger partial charge in [-0.05, 0) is 6.07 Å². The third-order valence-corrected chi connectivity index (χ3v) is 3.07. The van der Waals surface area contributed by atoms with Crippen molar-refractivity contribution < 1.29 is 9.47 Å². The number of methoxy groups -OCH3 is 2. The summed E-state index contributed by atoms with van der Waals surface area (Å²) in [7, 11) is 3.26. The van der Waals surface area contributed by atoms with Crippen molar-refractivity contribution in [3.05, 3.63) is 34.9 Å². The first-order valence-electron chi connectivity index (χ1n) is 5.38. The maximum atomic E-state index is 6.39. The Bertz CT molecular complexity index is 528. The number of hydrogen-bond donors (Lipinski definition) is 0. The average molecular weight is 252 g/mol. The van der Waals surface area contributed by atoms with Crippen molar-refractivity contribution in [2.24, 2.45) is 0 Å². The van der Waals surface area contributed by atoms with Gasteiger partial charge in [-0.1, -0.05) is 29.8 Å². The maximum Gasteiger partial charge on any atom is 0.218 e. The minimum absolute atomic E-state index is 0.575. The molecule has 3 nitrogen and oxygen atoms in total. The second-order valence-electron chi connectivity index (χ2n) is 3.67. The number of aromatic nitrogens is 1. The molecule has 0 radical (unpaired) electrons. The molecule has 2 rings (SSSR count). The van der Waals surface area contributed by atoms with Crippen molar-refractivity contribution in [1.82, 2.24) is 4.98 Å². The van der Waals surface area contributed by atoms with Crippen LogP contribution in [0, 0.1) is 0 Å². The first-order valence-corrected chi connectivity index (χ1v) is 5.75. The lowest BCUT2D eigenvalue weighted by Crippen LogP contribution is -2.01. The molecule has 1 heterocycles. The van der Waals surface area contributed by atoms with Crippen LogP contribution in [-0.4, -0.2) is 25.8 Å². The zero-order valence-electron chi connectivity index (χ0n) is 9.87. The summed E-state index contributed by atoms with van der Waals surface area (Å²) in [6.45, 7) is 0.593. The minimum atomic E-state index is 0.575. The molecular formula is C13H14ClNO2. The molecule has 0 aliphatic carbocycles. The molecule has 17 heavy (non-hydrogen) atoms. The van der Waals surface area contributed by atoms with E-state index in [4.69, 9.17) is 21.1 Å². The van der Waals surface area contributed by atoms with Crippen molar-refractivity contribution in [3.63, 3.8) is 0 Å². The van der Waals surface area contributed by atoms with Crippen molar-refractivity contribution in [1.29, 1.82) is 0 Å². The Kier molecular flexibility index (Phi) is 3.82. The lowest BCUT2D eigenvalue weighted by Gasteiger charge is -2.11. The Morgan fingerprint density at radius 1 is 1.24 bits per heavy atom. The molecule has 1 aromatic heterocycles. The van der Waals surface area contributed by atoms with Crippen LogP contribution >= 0.6 is 11.6 Å².